The Labute approximate surface area is 107 Å². The Balaban J connectivity index is 2.05. The van der Waals surface area contributed by atoms with E-state index in [0.717, 1.165) is 25.2 Å². The van der Waals surface area contributed by atoms with Crippen LogP contribution in [-0.2, 0) is 4.74 Å². The minimum absolute atomic E-state index is 0.220. The van der Waals surface area contributed by atoms with Crippen LogP contribution in [0.15, 0.2) is 12.4 Å². The molecule has 0 radical (unpaired) electrons. The van der Waals surface area contributed by atoms with Gasteiger partial charge in [-0.25, -0.2) is 14.8 Å². The van der Waals surface area contributed by atoms with Crippen molar-refractivity contribution in [1.29, 1.82) is 0 Å². The van der Waals surface area contributed by atoms with Crippen LogP contribution in [0.2, 0.25) is 0 Å². The first-order valence-corrected chi connectivity index (χ1v) is 6.24. The van der Waals surface area contributed by atoms with Gasteiger partial charge in [0.15, 0.2) is 0 Å². The SMILES string of the molecule is CC(C)(C)OC(=O)c1cnc(C2CCCN2)nc1. The molecular weight excluding hydrogens is 230 g/mol. The van der Waals surface area contributed by atoms with Crippen LogP contribution >= 0.6 is 0 Å². The maximum Gasteiger partial charge on any atom is 0.341 e. The van der Waals surface area contributed by atoms with Gasteiger partial charge in [-0.3, -0.25) is 0 Å². The fraction of sp³-hybridized carbons (Fsp3) is 0.615. The van der Waals surface area contributed by atoms with Gasteiger partial charge in [-0.15, -0.1) is 0 Å². The van der Waals surface area contributed by atoms with Crippen LogP contribution in [0.3, 0.4) is 0 Å². The Kier molecular flexibility index (Phi) is 3.61. The summed E-state index contributed by atoms with van der Waals surface area (Å²) in [6, 6.07) is 0.220. The Morgan fingerprint density at radius 3 is 2.56 bits per heavy atom. The molecule has 1 N–H and O–H groups in total. The van der Waals surface area contributed by atoms with Gasteiger partial charge < -0.3 is 10.1 Å². The summed E-state index contributed by atoms with van der Waals surface area (Å²) < 4.78 is 5.25. The smallest absolute Gasteiger partial charge is 0.341 e. The topological polar surface area (TPSA) is 64.1 Å². The first-order valence-electron chi connectivity index (χ1n) is 6.24. The van der Waals surface area contributed by atoms with Crippen LogP contribution in [0.25, 0.3) is 0 Å². The number of ether oxygens (including phenoxy) is 1. The lowest BCUT2D eigenvalue weighted by molar-refractivity contribution is 0.00685. The van der Waals surface area contributed by atoms with Crippen molar-refractivity contribution in [3.8, 4) is 0 Å². The van der Waals surface area contributed by atoms with E-state index in [9.17, 15) is 4.79 Å². The van der Waals surface area contributed by atoms with Crippen LogP contribution in [0.5, 0.6) is 0 Å². The van der Waals surface area contributed by atoms with Crippen LogP contribution in [0.4, 0.5) is 0 Å². The van der Waals surface area contributed by atoms with Crippen molar-refractivity contribution >= 4 is 5.97 Å². The van der Waals surface area contributed by atoms with Crippen molar-refractivity contribution in [3.63, 3.8) is 0 Å². The summed E-state index contributed by atoms with van der Waals surface area (Å²) in [7, 11) is 0. The number of rotatable bonds is 2. The predicted octanol–water partition coefficient (Wildman–Crippen LogP) is 1.86. The van der Waals surface area contributed by atoms with Crippen molar-refractivity contribution in [2.45, 2.75) is 45.3 Å². The summed E-state index contributed by atoms with van der Waals surface area (Å²) in [5, 5.41) is 3.32. The molecule has 1 saturated heterocycles. The number of nitrogens with zero attached hydrogens (tertiary/aromatic N) is 2. The molecule has 18 heavy (non-hydrogen) atoms. The second kappa shape index (κ2) is 5.02. The summed E-state index contributed by atoms with van der Waals surface area (Å²) in [6.07, 6.45) is 5.26. The molecule has 0 aromatic carbocycles. The molecule has 0 saturated carbocycles. The predicted molar refractivity (Wildman–Crippen MR) is 67.2 cm³/mol. The van der Waals surface area contributed by atoms with Crippen molar-refractivity contribution in [2.75, 3.05) is 6.54 Å². The van der Waals surface area contributed by atoms with Gasteiger partial charge in [0.1, 0.15) is 11.4 Å². The van der Waals surface area contributed by atoms with E-state index < -0.39 is 5.60 Å². The molecule has 0 aliphatic carbocycles. The maximum absolute atomic E-state index is 11.8. The molecule has 0 amide bonds. The van der Waals surface area contributed by atoms with Gasteiger partial charge in [-0.2, -0.15) is 0 Å². The average Bonchev–Trinajstić information content (AvgIpc) is 2.80. The second-order valence-corrected chi connectivity index (χ2v) is 5.48. The number of nitrogens with one attached hydrogen (secondary N) is 1. The monoisotopic (exact) mass is 249 g/mol. The Hall–Kier alpha value is -1.49. The molecule has 1 aromatic rings. The van der Waals surface area contributed by atoms with Crippen molar-refractivity contribution in [2.24, 2.45) is 0 Å². The zero-order chi connectivity index (χ0) is 13.2. The van der Waals surface area contributed by atoms with Crippen molar-refractivity contribution in [1.82, 2.24) is 15.3 Å². The third-order valence-electron chi connectivity index (χ3n) is 2.68. The number of carbonyl (C=O) groups excluding carboxylic acids is 1. The molecule has 98 valence electrons. The normalized spacial score (nSPS) is 19.8. The summed E-state index contributed by atoms with van der Waals surface area (Å²) in [4.78, 5) is 20.2. The average molecular weight is 249 g/mol. The lowest BCUT2D eigenvalue weighted by Crippen LogP contribution is -2.24. The largest absolute Gasteiger partial charge is 0.456 e. The highest BCUT2D eigenvalue weighted by atomic mass is 16.6. The van der Waals surface area contributed by atoms with E-state index in [1.807, 2.05) is 20.8 Å². The standard InChI is InChI=1S/C13H19N3O2/c1-13(2,3)18-12(17)9-7-15-11(16-8-9)10-5-4-6-14-10/h7-8,10,14H,4-6H2,1-3H3. The molecule has 5 nitrogen and oxygen atoms in total. The maximum atomic E-state index is 11.8. The Morgan fingerprint density at radius 2 is 2.06 bits per heavy atom. The molecule has 1 fully saturated rings. The number of aromatic nitrogens is 2. The zero-order valence-corrected chi connectivity index (χ0v) is 11.1. The van der Waals surface area contributed by atoms with E-state index in [1.165, 1.54) is 12.4 Å². The van der Waals surface area contributed by atoms with Crippen LogP contribution in [0, 0.1) is 0 Å². The number of esters is 1. The van der Waals surface area contributed by atoms with E-state index in [1.54, 1.807) is 0 Å². The Morgan fingerprint density at radius 1 is 1.39 bits per heavy atom. The van der Waals surface area contributed by atoms with E-state index in [-0.39, 0.29) is 12.0 Å². The van der Waals surface area contributed by atoms with E-state index in [4.69, 9.17) is 4.74 Å². The van der Waals surface area contributed by atoms with E-state index in [2.05, 4.69) is 15.3 Å². The molecule has 1 aliphatic rings. The van der Waals surface area contributed by atoms with Gasteiger partial charge >= 0.3 is 5.97 Å². The zero-order valence-electron chi connectivity index (χ0n) is 11.1. The van der Waals surface area contributed by atoms with Gasteiger partial charge in [0.2, 0.25) is 0 Å². The third-order valence-corrected chi connectivity index (χ3v) is 2.68. The molecule has 2 heterocycles. The Bertz CT molecular complexity index is 417. The first kappa shape index (κ1) is 13.0. The molecule has 0 bridgehead atoms. The molecule has 1 unspecified atom stereocenters. The molecule has 5 heteroatoms. The number of carbonyl (C=O) groups is 1. The minimum Gasteiger partial charge on any atom is -0.456 e. The summed E-state index contributed by atoms with van der Waals surface area (Å²) in [6.45, 7) is 6.51. The van der Waals surface area contributed by atoms with Gasteiger partial charge in [0.05, 0.1) is 11.6 Å². The van der Waals surface area contributed by atoms with E-state index in [0.29, 0.717) is 5.56 Å². The van der Waals surface area contributed by atoms with Gasteiger partial charge in [-0.05, 0) is 40.2 Å². The van der Waals surface area contributed by atoms with Crippen molar-refractivity contribution in [3.05, 3.63) is 23.8 Å². The molecular formula is C13H19N3O2. The fourth-order valence-corrected chi connectivity index (χ4v) is 1.87. The van der Waals surface area contributed by atoms with Crippen LogP contribution < -0.4 is 5.32 Å². The lowest BCUT2D eigenvalue weighted by Gasteiger charge is -2.19. The highest BCUT2D eigenvalue weighted by Crippen LogP contribution is 2.19. The van der Waals surface area contributed by atoms with Crippen LogP contribution in [0.1, 0.15) is 55.8 Å². The molecule has 1 atom stereocenters. The van der Waals surface area contributed by atoms with Crippen LogP contribution in [-0.4, -0.2) is 28.1 Å². The van der Waals surface area contributed by atoms with Crippen molar-refractivity contribution < 1.29 is 9.53 Å². The third kappa shape index (κ3) is 3.26. The highest BCUT2D eigenvalue weighted by molar-refractivity contribution is 5.88. The molecule has 0 spiro atoms. The van der Waals surface area contributed by atoms with E-state index >= 15 is 0 Å². The van der Waals surface area contributed by atoms with Gasteiger partial charge in [0, 0.05) is 12.4 Å². The molecule has 2 rings (SSSR count). The molecule has 1 aliphatic heterocycles. The minimum atomic E-state index is -0.497. The first-order chi connectivity index (χ1) is 8.46. The van der Waals surface area contributed by atoms with Gasteiger partial charge in [0.25, 0.3) is 0 Å². The fourth-order valence-electron chi connectivity index (χ4n) is 1.87. The second-order valence-electron chi connectivity index (χ2n) is 5.48. The molecule has 1 aromatic heterocycles. The van der Waals surface area contributed by atoms with Gasteiger partial charge in [-0.1, -0.05) is 0 Å². The highest BCUT2D eigenvalue weighted by Gasteiger charge is 2.21. The quantitative estimate of drug-likeness (QED) is 0.810. The number of hydrogen-bond donors (Lipinski definition) is 1. The lowest BCUT2D eigenvalue weighted by atomic mass is 10.2. The summed E-state index contributed by atoms with van der Waals surface area (Å²) in [5.41, 5.74) is -0.102. The number of hydrogen-bond acceptors (Lipinski definition) is 5. The summed E-state index contributed by atoms with van der Waals surface area (Å²) in [5.74, 6) is 0.369. The summed E-state index contributed by atoms with van der Waals surface area (Å²) >= 11 is 0.